The molecule has 0 aliphatic rings. The Hall–Kier alpha value is -3.63. The molecule has 4 rings (SSSR count). The zero-order chi connectivity index (χ0) is 25.3. The van der Waals surface area contributed by atoms with E-state index in [2.05, 4.69) is 15.4 Å². The van der Waals surface area contributed by atoms with Crippen molar-refractivity contribution in [3.63, 3.8) is 0 Å². The van der Waals surface area contributed by atoms with Gasteiger partial charge >= 0.3 is 6.18 Å². The van der Waals surface area contributed by atoms with Crippen molar-refractivity contribution in [2.24, 2.45) is 0 Å². The Morgan fingerprint density at radius 3 is 2.57 bits per heavy atom. The van der Waals surface area contributed by atoms with Gasteiger partial charge in [-0.25, -0.2) is 4.52 Å². The van der Waals surface area contributed by atoms with E-state index < -0.39 is 40.5 Å². The minimum atomic E-state index is -5.01. The smallest absolute Gasteiger partial charge is 0.382 e. The second kappa shape index (κ2) is 9.55. The first-order valence-corrected chi connectivity index (χ1v) is 10.8. The molecule has 0 unspecified atom stereocenters. The molecule has 0 aliphatic heterocycles. The van der Waals surface area contributed by atoms with Crippen LogP contribution in [0.2, 0.25) is 5.02 Å². The Balaban J connectivity index is 1.82. The highest BCUT2D eigenvalue weighted by Crippen LogP contribution is 2.35. The highest BCUT2D eigenvalue weighted by molar-refractivity contribution is 6.31. The number of alkyl halides is 3. The van der Waals surface area contributed by atoms with Crippen LogP contribution in [-0.4, -0.2) is 34.2 Å². The number of carbonyl (C=O) groups is 1. The predicted octanol–water partition coefficient (Wildman–Crippen LogP) is 4.79. The van der Waals surface area contributed by atoms with E-state index >= 15 is 0 Å². The number of nitrogens with one attached hydrogen (secondary N) is 2. The average Bonchev–Trinajstić information content (AvgIpc) is 3.22. The zero-order valence-corrected chi connectivity index (χ0v) is 19.4. The lowest BCUT2D eigenvalue weighted by atomic mass is 10.1. The summed E-state index contributed by atoms with van der Waals surface area (Å²) in [5, 5.41) is 6.91. The van der Waals surface area contributed by atoms with E-state index in [1.165, 1.54) is 13.3 Å². The standard InChI is InChI=1S/C24H20ClF3N4O3/c1-13-10-15(8-9-16(13)25)17-11-32-21(23(34)29-17)19(24(26,27)28)20(31-32)22(33)30-18(12-35-2)14-6-4-3-5-7-14/h3-11,18H,12H2,1-2H3,(H,29,34)(H,30,33)/t18-/m0/s1. The largest absolute Gasteiger partial charge is 0.421 e. The summed E-state index contributed by atoms with van der Waals surface area (Å²) >= 11 is 6.04. The van der Waals surface area contributed by atoms with Crippen LogP contribution < -0.4 is 10.9 Å². The number of H-pyrrole nitrogens is 1. The number of aromatic nitrogens is 3. The fourth-order valence-corrected chi connectivity index (χ4v) is 3.89. The molecule has 0 saturated heterocycles. The van der Waals surface area contributed by atoms with Crippen molar-refractivity contribution in [1.82, 2.24) is 19.9 Å². The molecule has 182 valence electrons. The van der Waals surface area contributed by atoms with E-state index in [1.54, 1.807) is 55.5 Å². The molecular weight excluding hydrogens is 485 g/mol. The van der Waals surface area contributed by atoms with Crippen LogP contribution >= 0.6 is 11.6 Å². The number of amides is 1. The van der Waals surface area contributed by atoms with Crippen LogP contribution in [0.25, 0.3) is 16.8 Å². The molecule has 0 bridgehead atoms. The molecule has 7 nitrogen and oxygen atoms in total. The van der Waals surface area contributed by atoms with E-state index in [0.717, 1.165) is 4.52 Å². The van der Waals surface area contributed by atoms with Crippen molar-refractivity contribution in [1.29, 1.82) is 0 Å². The van der Waals surface area contributed by atoms with Gasteiger partial charge in [-0.15, -0.1) is 0 Å². The lowest BCUT2D eigenvalue weighted by Crippen LogP contribution is -2.33. The summed E-state index contributed by atoms with van der Waals surface area (Å²) in [7, 11) is 1.41. The van der Waals surface area contributed by atoms with Gasteiger partial charge in [-0.2, -0.15) is 18.3 Å². The van der Waals surface area contributed by atoms with Crippen molar-refractivity contribution in [3.05, 3.63) is 92.5 Å². The second-order valence-electron chi connectivity index (χ2n) is 7.87. The summed E-state index contributed by atoms with van der Waals surface area (Å²) in [5.74, 6) is -1.09. The first-order chi connectivity index (χ1) is 16.6. The second-order valence-corrected chi connectivity index (χ2v) is 8.27. The summed E-state index contributed by atoms with van der Waals surface area (Å²) in [6.45, 7) is 1.77. The highest BCUT2D eigenvalue weighted by Gasteiger charge is 2.42. The minimum Gasteiger partial charge on any atom is -0.382 e. The molecule has 0 spiro atoms. The third-order valence-electron chi connectivity index (χ3n) is 5.43. The molecule has 2 aromatic carbocycles. The molecule has 1 amide bonds. The van der Waals surface area contributed by atoms with Gasteiger partial charge in [0.2, 0.25) is 0 Å². The van der Waals surface area contributed by atoms with Crippen molar-refractivity contribution < 1.29 is 22.7 Å². The number of methoxy groups -OCH3 is 1. The van der Waals surface area contributed by atoms with Crippen molar-refractivity contribution in [2.75, 3.05) is 13.7 Å². The molecule has 0 radical (unpaired) electrons. The van der Waals surface area contributed by atoms with Crippen LogP contribution in [0.4, 0.5) is 13.2 Å². The Bertz CT molecular complexity index is 1450. The Labute approximate surface area is 202 Å². The Morgan fingerprint density at radius 1 is 1.23 bits per heavy atom. The Kier molecular flexibility index (Phi) is 6.68. The number of carbonyl (C=O) groups excluding carboxylic acids is 1. The maximum atomic E-state index is 14.1. The van der Waals surface area contributed by atoms with Crippen molar-refractivity contribution in [3.8, 4) is 11.3 Å². The summed E-state index contributed by atoms with van der Waals surface area (Å²) in [5.41, 5.74) is -2.06. The van der Waals surface area contributed by atoms with Gasteiger partial charge in [-0.3, -0.25) is 9.59 Å². The maximum Gasteiger partial charge on any atom is 0.421 e. The van der Waals surface area contributed by atoms with Gasteiger partial charge in [0, 0.05) is 12.1 Å². The van der Waals surface area contributed by atoms with Gasteiger partial charge in [0.15, 0.2) is 5.69 Å². The fourth-order valence-electron chi connectivity index (χ4n) is 3.77. The average molecular weight is 505 g/mol. The number of halogens is 4. The predicted molar refractivity (Wildman–Crippen MR) is 125 cm³/mol. The van der Waals surface area contributed by atoms with E-state index in [-0.39, 0.29) is 12.3 Å². The first kappa shape index (κ1) is 24.5. The van der Waals surface area contributed by atoms with Crippen molar-refractivity contribution in [2.45, 2.75) is 19.1 Å². The lowest BCUT2D eigenvalue weighted by Gasteiger charge is -2.18. The molecule has 4 aromatic rings. The third kappa shape index (κ3) is 4.94. The van der Waals surface area contributed by atoms with Gasteiger partial charge in [0.05, 0.1) is 24.5 Å². The summed E-state index contributed by atoms with van der Waals surface area (Å²) in [4.78, 5) is 28.3. The number of rotatable bonds is 6. The molecule has 2 aromatic heterocycles. The number of fused-ring (bicyclic) bond motifs is 1. The summed E-state index contributed by atoms with van der Waals surface area (Å²) in [6, 6.07) is 12.8. The number of aryl methyl sites for hydroxylation is 1. The van der Waals surface area contributed by atoms with Gasteiger partial charge < -0.3 is 15.0 Å². The number of aromatic amines is 1. The van der Waals surface area contributed by atoms with Crippen molar-refractivity contribution >= 4 is 23.0 Å². The van der Waals surface area contributed by atoms with Gasteiger partial charge in [0.1, 0.15) is 11.1 Å². The lowest BCUT2D eigenvalue weighted by molar-refractivity contribution is -0.136. The van der Waals surface area contributed by atoms with Crippen LogP contribution in [0.15, 0.2) is 59.5 Å². The summed E-state index contributed by atoms with van der Waals surface area (Å²) in [6.07, 6.45) is -3.78. The molecule has 0 fully saturated rings. The number of hydrogen-bond acceptors (Lipinski definition) is 4. The molecule has 0 saturated carbocycles. The number of benzene rings is 2. The molecule has 2 N–H and O–H groups in total. The fraction of sp³-hybridized carbons (Fsp3) is 0.208. The Morgan fingerprint density at radius 2 is 1.94 bits per heavy atom. The van der Waals surface area contributed by atoms with Gasteiger partial charge in [0.25, 0.3) is 11.5 Å². The van der Waals surface area contributed by atoms with E-state index in [9.17, 15) is 22.8 Å². The number of hydrogen-bond donors (Lipinski definition) is 2. The molecule has 1 atom stereocenters. The van der Waals surface area contributed by atoms with Gasteiger partial charge in [-0.1, -0.05) is 48.0 Å². The first-order valence-electron chi connectivity index (χ1n) is 10.4. The molecule has 11 heteroatoms. The SMILES string of the molecule is COC[C@H](NC(=O)c1nn2cc(-c3ccc(Cl)c(C)c3)[nH]c(=O)c2c1C(F)(F)F)c1ccccc1. The van der Waals surface area contributed by atoms with Gasteiger partial charge in [-0.05, 0) is 35.7 Å². The molecular formula is C24H20ClF3N4O3. The number of ether oxygens (including phenoxy) is 1. The number of nitrogens with zero attached hydrogens (tertiary/aromatic N) is 2. The quantitative estimate of drug-likeness (QED) is 0.395. The topological polar surface area (TPSA) is 88.5 Å². The molecule has 2 heterocycles. The maximum absolute atomic E-state index is 14.1. The van der Waals surface area contributed by atoms with E-state index in [0.29, 0.717) is 21.7 Å². The normalized spacial score (nSPS) is 12.6. The van der Waals surface area contributed by atoms with Crippen LogP contribution in [0.5, 0.6) is 0 Å². The monoisotopic (exact) mass is 504 g/mol. The molecule has 0 aliphatic carbocycles. The minimum absolute atomic E-state index is 0.0190. The molecule has 35 heavy (non-hydrogen) atoms. The van der Waals surface area contributed by atoms with Crippen LogP contribution in [-0.2, 0) is 10.9 Å². The van der Waals surface area contributed by atoms with Crippen LogP contribution in [0, 0.1) is 6.92 Å². The van der Waals surface area contributed by atoms with Crippen LogP contribution in [0.1, 0.15) is 33.2 Å². The summed E-state index contributed by atoms with van der Waals surface area (Å²) < 4.78 is 48.1. The third-order valence-corrected chi connectivity index (χ3v) is 5.86. The van der Waals surface area contributed by atoms with E-state index in [1.807, 2.05) is 0 Å². The highest BCUT2D eigenvalue weighted by atomic mass is 35.5. The van der Waals surface area contributed by atoms with E-state index in [4.69, 9.17) is 16.3 Å². The zero-order valence-electron chi connectivity index (χ0n) is 18.6. The van der Waals surface area contributed by atoms with Crippen LogP contribution in [0.3, 0.4) is 0 Å².